The number of benzene rings is 2. The van der Waals surface area contributed by atoms with Crippen LogP contribution in [0.5, 0.6) is 0 Å². The Morgan fingerprint density at radius 2 is 1.71 bits per heavy atom. The molecule has 1 fully saturated rings. The second kappa shape index (κ2) is 9.14. The fourth-order valence-electron chi connectivity index (χ4n) is 3.20. The van der Waals surface area contributed by atoms with E-state index >= 15 is 0 Å². The summed E-state index contributed by atoms with van der Waals surface area (Å²) in [6, 6.07) is 15.8. The number of nitrogens with one attached hydrogen (secondary N) is 1. The van der Waals surface area contributed by atoms with E-state index in [0.717, 1.165) is 31.5 Å². The van der Waals surface area contributed by atoms with Crippen molar-refractivity contribution in [2.45, 2.75) is 24.3 Å². The minimum Gasteiger partial charge on any atom is -0.323 e. The van der Waals surface area contributed by atoms with E-state index in [1.54, 1.807) is 12.1 Å². The molecule has 1 aliphatic rings. The van der Waals surface area contributed by atoms with Crippen LogP contribution in [0.4, 0.5) is 5.69 Å². The van der Waals surface area contributed by atoms with Gasteiger partial charge in [-0.1, -0.05) is 36.9 Å². The van der Waals surface area contributed by atoms with Gasteiger partial charge in [0.2, 0.25) is 15.9 Å². The van der Waals surface area contributed by atoms with Gasteiger partial charge in [0.05, 0.1) is 11.6 Å². The summed E-state index contributed by atoms with van der Waals surface area (Å²) in [5.74, 6) is -0.338. The highest BCUT2D eigenvalue weighted by Crippen LogP contribution is 2.22. The number of nitrogens with zero attached hydrogens (tertiary/aromatic N) is 2. The number of carbonyl (C=O) groups excluding carboxylic acids is 1. The SMILES string of the molecule is C=CC(=O)Nc1ccc(S(=O)(=O)N(Cc2ccccc2)CN2CCCC2)cc1. The van der Waals surface area contributed by atoms with Crippen molar-refractivity contribution in [1.29, 1.82) is 0 Å². The molecule has 0 spiro atoms. The number of hydrogen-bond donors (Lipinski definition) is 1. The Kier molecular flexibility index (Phi) is 6.61. The van der Waals surface area contributed by atoms with E-state index in [0.29, 0.717) is 18.9 Å². The topological polar surface area (TPSA) is 69.7 Å². The Balaban J connectivity index is 1.83. The summed E-state index contributed by atoms with van der Waals surface area (Å²) in [5.41, 5.74) is 1.47. The van der Waals surface area contributed by atoms with E-state index in [1.165, 1.54) is 22.5 Å². The number of anilines is 1. The monoisotopic (exact) mass is 399 g/mol. The van der Waals surface area contributed by atoms with Gasteiger partial charge in [-0.2, -0.15) is 4.31 Å². The molecular weight excluding hydrogens is 374 g/mol. The van der Waals surface area contributed by atoms with Gasteiger partial charge in [0, 0.05) is 12.2 Å². The molecule has 0 saturated carbocycles. The maximum Gasteiger partial charge on any atom is 0.247 e. The molecule has 6 nitrogen and oxygen atoms in total. The third-order valence-corrected chi connectivity index (χ3v) is 6.50. The first-order valence-electron chi connectivity index (χ1n) is 9.29. The molecule has 0 aliphatic carbocycles. The van der Waals surface area contributed by atoms with Gasteiger partial charge in [0.15, 0.2) is 0 Å². The summed E-state index contributed by atoms with van der Waals surface area (Å²) < 4.78 is 28.1. The zero-order valence-corrected chi connectivity index (χ0v) is 16.6. The van der Waals surface area contributed by atoms with Crippen LogP contribution in [0.3, 0.4) is 0 Å². The summed E-state index contributed by atoms with van der Waals surface area (Å²) in [4.78, 5) is 13.8. The smallest absolute Gasteiger partial charge is 0.247 e. The second-order valence-corrected chi connectivity index (χ2v) is 8.72. The van der Waals surface area contributed by atoms with Gasteiger partial charge in [0.1, 0.15) is 0 Å². The molecule has 148 valence electrons. The number of rotatable bonds is 8. The molecule has 7 heteroatoms. The van der Waals surface area contributed by atoms with Crippen LogP contribution >= 0.6 is 0 Å². The van der Waals surface area contributed by atoms with Crippen LogP contribution in [0.15, 0.2) is 72.1 Å². The maximum absolute atomic E-state index is 13.3. The average Bonchev–Trinajstić information content (AvgIpc) is 3.22. The molecule has 0 aromatic heterocycles. The quantitative estimate of drug-likeness (QED) is 0.693. The van der Waals surface area contributed by atoms with Crippen LogP contribution < -0.4 is 5.32 Å². The molecule has 1 N–H and O–H groups in total. The molecule has 2 aromatic carbocycles. The van der Waals surface area contributed by atoms with E-state index in [9.17, 15) is 13.2 Å². The van der Waals surface area contributed by atoms with E-state index in [4.69, 9.17) is 0 Å². The van der Waals surface area contributed by atoms with E-state index in [-0.39, 0.29) is 10.8 Å². The second-order valence-electron chi connectivity index (χ2n) is 6.78. The van der Waals surface area contributed by atoms with E-state index < -0.39 is 10.0 Å². The third kappa shape index (κ3) is 5.07. The van der Waals surface area contributed by atoms with Crippen molar-refractivity contribution in [3.05, 3.63) is 72.8 Å². The van der Waals surface area contributed by atoms with Crippen molar-refractivity contribution in [3.63, 3.8) is 0 Å². The summed E-state index contributed by atoms with van der Waals surface area (Å²) >= 11 is 0. The van der Waals surface area contributed by atoms with Crippen LogP contribution in [0.25, 0.3) is 0 Å². The van der Waals surface area contributed by atoms with Crippen LogP contribution in [-0.4, -0.2) is 43.3 Å². The number of carbonyl (C=O) groups is 1. The lowest BCUT2D eigenvalue weighted by molar-refractivity contribution is -0.111. The lowest BCUT2D eigenvalue weighted by Crippen LogP contribution is -2.39. The van der Waals surface area contributed by atoms with Gasteiger partial charge in [-0.05, 0) is 61.8 Å². The average molecular weight is 400 g/mol. The van der Waals surface area contributed by atoms with Crippen molar-refractivity contribution in [2.75, 3.05) is 25.1 Å². The number of amides is 1. The summed E-state index contributed by atoms with van der Waals surface area (Å²) in [6.45, 7) is 5.91. The Bertz CT molecular complexity index is 906. The van der Waals surface area contributed by atoms with Crippen LogP contribution in [0, 0.1) is 0 Å². The van der Waals surface area contributed by atoms with Gasteiger partial charge in [-0.3, -0.25) is 9.69 Å². The van der Waals surface area contributed by atoms with Crippen LogP contribution in [0.1, 0.15) is 18.4 Å². The van der Waals surface area contributed by atoms with Crippen molar-refractivity contribution in [1.82, 2.24) is 9.21 Å². The first kappa shape index (κ1) is 20.3. The molecule has 0 unspecified atom stereocenters. The Morgan fingerprint density at radius 3 is 2.32 bits per heavy atom. The largest absolute Gasteiger partial charge is 0.323 e. The van der Waals surface area contributed by atoms with Crippen LogP contribution in [-0.2, 0) is 21.4 Å². The maximum atomic E-state index is 13.3. The number of likely N-dealkylation sites (tertiary alicyclic amines) is 1. The third-order valence-electron chi connectivity index (χ3n) is 4.70. The highest BCUT2D eigenvalue weighted by atomic mass is 32.2. The molecule has 0 bridgehead atoms. The van der Waals surface area contributed by atoms with Crippen LogP contribution in [0.2, 0.25) is 0 Å². The standard InChI is InChI=1S/C21H25N3O3S/c1-2-21(25)22-19-10-12-20(13-11-19)28(26,27)24(17-23-14-6-7-15-23)16-18-8-4-3-5-9-18/h2-5,8-13H,1,6-7,14-17H2,(H,22,25). The van der Waals surface area contributed by atoms with Gasteiger partial charge < -0.3 is 5.32 Å². The zero-order valence-electron chi connectivity index (χ0n) is 15.8. The molecule has 1 aliphatic heterocycles. The lowest BCUT2D eigenvalue weighted by atomic mass is 10.2. The van der Waals surface area contributed by atoms with Crippen molar-refractivity contribution < 1.29 is 13.2 Å². The minimum atomic E-state index is -3.68. The first-order chi connectivity index (χ1) is 13.5. The van der Waals surface area contributed by atoms with E-state index in [1.807, 2.05) is 30.3 Å². The molecule has 1 heterocycles. The number of hydrogen-bond acceptors (Lipinski definition) is 4. The normalized spacial score (nSPS) is 14.9. The molecule has 2 aromatic rings. The predicted octanol–water partition coefficient (Wildman–Crippen LogP) is 3.06. The van der Waals surface area contributed by atoms with Gasteiger partial charge in [0.25, 0.3) is 0 Å². The molecule has 0 atom stereocenters. The molecular formula is C21H25N3O3S. The molecule has 3 rings (SSSR count). The molecule has 1 amide bonds. The van der Waals surface area contributed by atoms with Crippen molar-refractivity contribution >= 4 is 21.6 Å². The first-order valence-corrected chi connectivity index (χ1v) is 10.7. The Labute approximate surface area is 166 Å². The van der Waals surface area contributed by atoms with Gasteiger partial charge >= 0.3 is 0 Å². The molecule has 0 radical (unpaired) electrons. The van der Waals surface area contributed by atoms with Crippen molar-refractivity contribution in [3.8, 4) is 0 Å². The highest BCUT2D eigenvalue weighted by Gasteiger charge is 2.27. The Morgan fingerprint density at radius 1 is 1.07 bits per heavy atom. The fraction of sp³-hybridized carbons (Fsp3) is 0.286. The van der Waals surface area contributed by atoms with E-state index in [2.05, 4.69) is 16.8 Å². The number of sulfonamides is 1. The van der Waals surface area contributed by atoms with Gasteiger partial charge in [-0.25, -0.2) is 8.42 Å². The molecule has 1 saturated heterocycles. The molecule has 28 heavy (non-hydrogen) atoms. The highest BCUT2D eigenvalue weighted by molar-refractivity contribution is 7.89. The zero-order chi connectivity index (χ0) is 20.0. The fourth-order valence-corrected chi connectivity index (χ4v) is 4.61. The van der Waals surface area contributed by atoms with Gasteiger partial charge in [-0.15, -0.1) is 0 Å². The Hall–Kier alpha value is -2.48. The predicted molar refractivity (Wildman–Crippen MR) is 110 cm³/mol. The summed E-state index contributed by atoms with van der Waals surface area (Å²) in [7, 11) is -3.68. The summed E-state index contributed by atoms with van der Waals surface area (Å²) in [6.07, 6.45) is 3.36. The van der Waals surface area contributed by atoms with Crippen molar-refractivity contribution in [2.24, 2.45) is 0 Å². The summed E-state index contributed by atoms with van der Waals surface area (Å²) in [5, 5.41) is 2.62. The minimum absolute atomic E-state index is 0.208. The lowest BCUT2D eigenvalue weighted by Gasteiger charge is -2.27.